The van der Waals surface area contributed by atoms with Crippen LogP contribution in [0.5, 0.6) is 0 Å². The maximum absolute atomic E-state index is 12.7. The lowest BCUT2D eigenvalue weighted by Crippen LogP contribution is -2.48. The minimum absolute atomic E-state index is 0.0845. The van der Waals surface area contributed by atoms with E-state index < -0.39 is 0 Å². The third kappa shape index (κ3) is 3.87. The molecule has 5 nitrogen and oxygen atoms in total. The summed E-state index contributed by atoms with van der Waals surface area (Å²) in [7, 11) is 2.14. The zero-order chi connectivity index (χ0) is 20.5. The lowest BCUT2D eigenvalue weighted by Gasteiger charge is -2.32. The van der Waals surface area contributed by atoms with E-state index in [9.17, 15) is 4.79 Å². The van der Waals surface area contributed by atoms with Crippen molar-refractivity contribution in [3.8, 4) is 11.1 Å². The number of H-pyrrole nitrogens is 1. The highest BCUT2D eigenvalue weighted by Gasteiger charge is 2.26. The maximum atomic E-state index is 12.7. The summed E-state index contributed by atoms with van der Waals surface area (Å²) in [5, 5.41) is 4.61. The first-order chi connectivity index (χ1) is 14.7. The molecule has 5 heteroatoms. The van der Waals surface area contributed by atoms with Gasteiger partial charge in [-0.2, -0.15) is 0 Å². The Kier molecular flexibility index (Phi) is 5.32. The van der Waals surface area contributed by atoms with Gasteiger partial charge in [0.15, 0.2) is 0 Å². The molecule has 2 aromatic carbocycles. The number of aromatic nitrogens is 1. The number of benzene rings is 2. The Morgan fingerprint density at radius 3 is 2.67 bits per heavy atom. The number of fused-ring (bicyclic) bond motifs is 3. The van der Waals surface area contributed by atoms with Crippen LogP contribution in [-0.4, -0.2) is 60.5 Å². The number of aryl methyl sites for hydroxylation is 1. The van der Waals surface area contributed by atoms with E-state index in [1.807, 2.05) is 0 Å². The van der Waals surface area contributed by atoms with Gasteiger partial charge in [0.25, 0.3) is 0 Å². The van der Waals surface area contributed by atoms with Crippen molar-refractivity contribution in [1.82, 2.24) is 20.1 Å². The normalized spacial score (nSPS) is 20.2. The molecule has 1 aliphatic carbocycles. The van der Waals surface area contributed by atoms with Crippen LogP contribution in [0.2, 0.25) is 0 Å². The van der Waals surface area contributed by atoms with Gasteiger partial charge in [0.1, 0.15) is 0 Å². The van der Waals surface area contributed by atoms with Gasteiger partial charge in [-0.1, -0.05) is 36.4 Å². The van der Waals surface area contributed by atoms with Crippen LogP contribution in [0.4, 0.5) is 0 Å². The largest absolute Gasteiger partial charge is 0.356 e. The number of rotatable bonds is 4. The van der Waals surface area contributed by atoms with E-state index in [0.717, 1.165) is 45.4 Å². The molecular weight excluding hydrogens is 372 g/mol. The predicted molar refractivity (Wildman–Crippen MR) is 121 cm³/mol. The summed E-state index contributed by atoms with van der Waals surface area (Å²) in [6.45, 7) is 4.50. The lowest BCUT2D eigenvalue weighted by molar-refractivity contribution is -0.123. The molecule has 1 fully saturated rings. The van der Waals surface area contributed by atoms with Crippen LogP contribution in [0.3, 0.4) is 0 Å². The number of nitrogens with one attached hydrogen (secondary N) is 2. The molecule has 156 valence electrons. The molecule has 30 heavy (non-hydrogen) atoms. The van der Waals surface area contributed by atoms with Crippen LogP contribution < -0.4 is 5.32 Å². The van der Waals surface area contributed by atoms with Gasteiger partial charge in [0.2, 0.25) is 5.91 Å². The van der Waals surface area contributed by atoms with Gasteiger partial charge >= 0.3 is 0 Å². The Morgan fingerprint density at radius 1 is 1.07 bits per heavy atom. The number of likely N-dealkylation sites (N-methyl/N-ethyl adjacent to an activating group) is 1. The SMILES string of the molecule is CN1CCN(CC(=O)NC2CCCc3c2[nH]c2ccc(-c4ccccc4)cc32)CC1. The van der Waals surface area contributed by atoms with Crippen molar-refractivity contribution in [2.24, 2.45) is 0 Å². The van der Waals surface area contributed by atoms with Crippen molar-refractivity contribution in [2.45, 2.75) is 25.3 Å². The average Bonchev–Trinajstić information content (AvgIpc) is 3.15. The van der Waals surface area contributed by atoms with Gasteiger partial charge in [-0.3, -0.25) is 9.69 Å². The van der Waals surface area contributed by atoms with Crippen molar-refractivity contribution in [3.63, 3.8) is 0 Å². The van der Waals surface area contributed by atoms with Gasteiger partial charge < -0.3 is 15.2 Å². The van der Waals surface area contributed by atoms with Crippen LogP contribution in [0.15, 0.2) is 48.5 Å². The summed E-state index contributed by atoms with van der Waals surface area (Å²) in [6, 6.07) is 17.3. The molecule has 1 saturated heterocycles. The van der Waals surface area contributed by atoms with Crippen molar-refractivity contribution in [1.29, 1.82) is 0 Å². The highest BCUT2D eigenvalue weighted by molar-refractivity contribution is 5.90. The Morgan fingerprint density at radius 2 is 1.87 bits per heavy atom. The molecule has 2 N–H and O–H groups in total. The Labute approximate surface area is 178 Å². The molecule has 2 aliphatic rings. The second-order valence-corrected chi connectivity index (χ2v) is 8.74. The molecule has 1 atom stereocenters. The molecular formula is C25H30N4O. The molecule has 1 aromatic heterocycles. The van der Waals surface area contributed by atoms with Crippen LogP contribution in [-0.2, 0) is 11.2 Å². The predicted octanol–water partition coefficient (Wildman–Crippen LogP) is 3.58. The standard InChI is InChI=1S/C25H30N4O/c1-28-12-14-29(15-13-28)17-24(30)26-23-9-5-8-20-21-16-19(18-6-3-2-4-7-18)10-11-22(21)27-25(20)23/h2-4,6-7,10-11,16,23,27H,5,8-9,12-15,17H2,1H3,(H,26,30). The number of aromatic amines is 1. The van der Waals surface area contributed by atoms with E-state index in [1.165, 1.54) is 33.3 Å². The average molecular weight is 403 g/mol. The molecule has 2 heterocycles. The van der Waals surface area contributed by atoms with Crippen LogP contribution in [0, 0.1) is 0 Å². The number of amides is 1. The summed E-state index contributed by atoms with van der Waals surface area (Å²) >= 11 is 0. The third-order valence-electron chi connectivity index (χ3n) is 6.61. The van der Waals surface area contributed by atoms with Crippen LogP contribution in [0.1, 0.15) is 30.1 Å². The van der Waals surface area contributed by atoms with Gasteiger partial charge in [-0.15, -0.1) is 0 Å². The summed E-state index contributed by atoms with van der Waals surface area (Å²) in [4.78, 5) is 20.9. The molecule has 1 amide bonds. The lowest BCUT2D eigenvalue weighted by atomic mass is 9.91. The molecule has 0 spiro atoms. The molecule has 1 unspecified atom stereocenters. The molecule has 0 saturated carbocycles. The maximum Gasteiger partial charge on any atom is 0.234 e. The number of hydrogen-bond acceptors (Lipinski definition) is 3. The number of hydrogen-bond donors (Lipinski definition) is 2. The highest BCUT2D eigenvalue weighted by atomic mass is 16.2. The molecule has 5 rings (SSSR count). The first-order valence-corrected chi connectivity index (χ1v) is 11.1. The van der Waals surface area contributed by atoms with E-state index >= 15 is 0 Å². The quantitative estimate of drug-likeness (QED) is 0.701. The summed E-state index contributed by atoms with van der Waals surface area (Å²) < 4.78 is 0. The van der Waals surface area contributed by atoms with Crippen LogP contribution in [0.25, 0.3) is 22.0 Å². The van der Waals surface area contributed by atoms with E-state index in [4.69, 9.17) is 0 Å². The highest BCUT2D eigenvalue weighted by Crippen LogP contribution is 2.36. The monoisotopic (exact) mass is 402 g/mol. The fourth-order valence-electron chi connectivity index (χ4n) is 4.87. The molecule has 3 aromatic rings. The van der Waals surface area contributed by atoms with Crippen molar-refractivity contribution in [3.05, 3.63) is 59.8 Å². The first-order valence-electron chi connectivity index (χ1n) is 11.1. The van der Waals surface area contributed by atoms with E-state index in [1.54, 1.807) is 0 Å². The van der Waals surface area contributed by atoms with Crippen molar-refractivity contribution >= 4 is 16.8 Å². The minimum atomic E-state index is 0.0845. The second-order valence-electron chi connectivity index (χ2n) is 8.74. The van der Waals surface area contributed by atoms with Crippen molar-refractivity contribution < 1.29 is 4.79 Å². The Hall–Kier alpha value is -2.63. The first kappa shape index (κ1) is 19.3. The molecule has 0 bridgehead atoms. The van der Waals surface area contributed by atoms with E-state index in [0.29, 0.717) is 6.54 Å². The number of carbonyl (C=O) groups excluding carboxylic acids is 1. The van der Waals surface area contributed by atoms with Crippen LogP contribution >= 0.6 is 0 Å². The van der Waals surface area contributed by atoms with E-state index in [2.05, 4.69) is 75.7 Å². The van der Waals surface area contributed by atoms with Gasteiger partial charge in [-0.05, 0) is 55.1 Å². The third-order valence-corrected chi connectivity index (χ3v) is 6.61. The second kappa shape index (κ2) is 8.25. The Bertz CT molecular complexity index is 1030. The van der Waals surface area contributed by atoms with Crippen molar-refractivity contribution in [2.75, 3.05) is 39.8 Å². The number of nitrogens with zero attached hydrogens (tertiary/aromatic N) is 2. The topological polar surface area (TPSA) is 51.4 Å². The fraction of sp³-hybridized carbons (Fsp3) is 0.400. The van der Waals surface area contributed by atoms with Gasteiger partial charge in [0, 0.05) is 42.8 Å². The summed E-state index contributed by atoms with van der Waals surface area (Å²) in [5.41, 5.74) is 6.22. The minimum Gasteiger partial charge on any atom is -0.356 e. The number of carbonyl (C=O) groups is 1. The summed E-state index contributed by atoms with van der Waals surface area (Å²) in [6.07, 6.45) is 3.17. The molecule has 1 aliphatic heterocycles. The van der Waals surface area contributed by atoms with E-state index in [-0.39, 0.29) is 11.9 Å². The summed E-state index contributed by atoms with van der Waals surface area (Å²) in [5.74, 6) is 0.140. The zero-order valence-electron chi connectivity index (χ0n) is 17.7. The smallest absolute Gasteiger partial charge is 0.234 e. The Balaban J connectivity index is 1.35. The van der Waals surface area contributed by atoms with Gasteiger partial charge in [-0.25, -0.2) is 0 Å². The molecule has 0 radical (unpaired) electrons. The fourth-order valence-corrected chi connectivity index (χ4v) is 4.87. The number of piperazine rings is 1. The van der Waals surface area contributed by atoms with Gasteiger partial charge in [0.05, 0.1) is 12.6 Å². The zero-order valence-corrected chi connectivity index (χ0v) is 17.7.